The lowest BCUT2D eigenvalue weighted by Crippen LogP contribution is -2.36. The topological polar surface area (TPSA) is 54.5 Å². The number of carbonyl (C=O) groups excluding carboxylic acids is 1. The van der Waals surface area contributed by atoms with E-state index in [-0.39, 0.29) is 22.2 Å². The van der Waals surface area contributed by atoms with E-state index in [1.54, 1.807) is 0 Å². The minimum atomic E-state index is -2.89. The van der Waals surface area contributed by atoms with E-state index in [1.807, 2.05) is 19.0 Å². The molecule has 2 saturated heterocycles. The van der Waals surface area contributed by atoms with Crippen LogP contribution in [0.2, 0.25) is 0 Å². The first-order valence-electron chi connectivity index (χ1n) is 6.31. The van der Waals surface area contributed by atoms with Gasteiger partial charge in [-0.05, 0) is 39.8 Å². The normalized spacial score (nSPS) is 35.1. The molecule has 4 nitrogen and oxygen atoms in total. The lowest BCUT2D eigenvalue weighted by molar-refractivity contribution is -0.123. The number of Topliss-reactive ketones (excluding diaryl/α,β-unsaturated/α-hetero) is 1. The molecule has 0 radical (unpaired) electrons. The van der Waals surface area contributed by atoms with Gasteiger partial charge in [0.05, 0.1) is 10.5 Å². The summed E-state index contributed by atoms with van der Waals surface area (Å²) in [5, 5.41) is -0.455. The Kier molecular flexibility index (Phi) is 3.59. The highest BCUT2D eigenvalue weighted by Crippen LogP contribution is 2.41. The Morgan fingerprint density at radius 3 is 2.18 bits per heavy atom. The summed E-state index contributed by atoms with van der Waals surface area (Å²) in [4.78, 5) is 14.0. The maximum atomic E-state index is 12.0. The van der Waals surface area contributed by atoms with E-state index in [4.69, 9.17) is 0 Å². The Labute approximate surface area is 103 Å². The van der Waals surface area contributed by atoms with Crippen LogP contribution in [0.3, 0.4) is 0 Å². The number of ketones is 1. The summed E-state index contributed by atoms with van der Waals surface area (Å²) in [6, 6.07) is 0. The van der Waals surface area contributed by atoms with Crippen molar-refractivity contribution in [3.05, 3.63) is 0 Å². The molecule has 0 aromatic heterocycles. The SMILES string of the molecule is CN(C)CCC(=O)C1CC2CCC(C1)S2(=O)=O. The second-order valence-electron chi connectivity index (χ2n) is 5.60. The molecule has 0 aromatic carbocycles. The minimum Gasteiger partial charge on any atom is -0.309 e. The van der Waals surface area contributed by atoms with Crippen LogP contribution in [0.25, 0.3) is 0 Å². The van der Waals surface area contributed by atoms with Crippen LogP contribution in [0.4, 0.5) is 0 Å². The number of nitrogens with zero attached hydrogens (tertiary/aromatic N) is 1. The smallest absolute Gasteiger partial charge is 0.156 e. The van der Waals surface area contributed by atoms with E-state index in [2.05, 4.69) is 0 Å². The van der Waals surface area contributed by atoms with Crippen molar-refractivity contribution in [2.24, 2.45) is 5.92 Å². The van der Waals surface area contributed by atoms with E-state index < -0.39 is 9.84 Å². The molecule has 98 valence electrons. The molecule has 2 fully saturated rings. The molecule has 0 aromatic rings. The van der Waals surface area contributed by atoms with Gasteiger partial charge >= 0.3 is 0 Å². The van der Waals surface area contributed by atoms with Crippen molar-refractivity contribution in [1.82, 2.24) is 4.90 Å². The molecule has 2 aliphatic heterocycles. The molecule has 17 heavy (non-hydrogen) atoms. The molecule has 0 amide bonds. The van der Waals surface area contributed by atoms with Gasteiger partial charge in [0.25, 0.3) is 0 Å². The fourth-order valence-electron chi connectivity index (χ4n) is 3.01. The third kappa shape index (κ3) is 2.55. The van der Waals surface area contributed by atoms with Crippen LogP contribution in [-0.2, 0) is 14.6 Å². The average molecular weight is 259 g/mol. The molecule has 2 rings (SSSR count). The van der Waals surface area contributed by atoms with Crippen molar-refractivity contribution in [3.63, 3.8) is 0 Å². The van der Waals surface area contributed by atoms with Gasteiger partial charge in [0.15, 0.2) is 9.84 Å². The molecule has 5 heteroatoms. The molecule has 0 saturated carbocycles. The number of fused-ring (bicyclic) bond motifs is 2. The molecule has 0 aliphatic carbocycles. The van der Waals surface area contributed by atoms with Gasteiger partial charge in [0.2, 0.25) is 0 Å². The Morgan fingerprint density at radius 2 is 1.71 bits per heavy atom. The number of hydrogen-bond acceptors (Lipinski definition) is 4. The van der Waals surface area contributed by atoms with Crippen LogP contribution >= 0.6 is 0 Å². The summed E-state index contributed by atoms with van der Waals surface area (Å²) in [6.45, 7) is 0.761. The van der Waals surface area contributed by atoms with Gasteiger partial charge in [0.1, 0.15) is 5.78 Å². The number of hydrogen-bond donors (Lipinski definition) is 0. The second kappa shape index (κ2) is 4.69. The van der Waals surface area contributed by atoms with Crippen molar-refractivity contribution in [3.8, 4) is 0 Å². The van der Waals surface area contributed by atoms with Crippen molar-refractivity contribution < 1.29 is 13.2 Å². The van der Waals surface area contributed by atoms with Crippen molar-refractivity contribution in [2.45, 2.75) is 42.6 Å². The first-order valence-corrected chi connectivity index (χ1v) is 7.92. The number of carbonyl (C=O) groups is 1. The van der Waals surface area contributed by atoms with Gasteiger partial charge in [0, 0.05) is 18.9 Å². The molecule has 0 N–H and O–H groups in total. The fraction of sp³-hybridized carbons (Fsp3) is 0.917. The molecule has 2 unspecified atom stereocenters. The highest BCUT2D eigenvalue weighted by Gasteiger charge is 2.48. The Hall–Kier alpha value is -0.420. The van der Waals surface area contributed by atoms with Gasteiger partial charge in [-0.25, -0.2) is 8.42 Å². The maximum Gasteiger partial charge on any atom is 0.156 e. The lowest BCUT2D eigenvalue weighted by atomic mass is 9.93. The van der Waals surface area contributed by atoms with E-state index in [9.17, 15) is 13.2 Å². The second-order valence-corrected chi connectivity index (χ2v) is 8.11. The molecular weight excluding hydrogens is 238 g/mol. The van der Waals surface area contributed by atoms with Crippen LogP contribution in [0.1, 0.15) is 32.1 Å². The molecule has 2 heterocycles. The fourth-order valence-corrected chi connectivity index (χ4v) is 5.48. The van der Waals surface area contributed by atoms with Gasteiger partial charge in [-0.15, -0.1) is 0 Å². The number of rotatable bonds is 4. The highest BCUT2D eigenvalue weighted by atomic mass is 32.2. The summed E-state index contributed by atoms with van der Waals surface area (Å²) in [6.07, 6.45) is 3.24. The molecule has 2 aliphatic rings. The quantitative estimate of drug-likeness (QED) is 0.751. The third-order valence-electron chi connectivity index (χ3n) is 4.10. The van der Waals surface area contributed by atoms with E-state index in [0.717, 1.165) is 19.4 Å². The van der Waals surface area contributed by atoms with Crippen LogP contribution in [0.5, 0.6) is 0 Å². The van der Waals surface area contributed by atoms with Crippen molar-refractivity contribution in [2.75, 3.05) is 20.6 Å². The first-order chi connectivity index (χ1) is 7.91. The highest BCUT2D eigenvalue weighted by molar-refractivity contribution is 7.93. The Bertz CT molecular complexity index is 382. The van der Waals surface area contributed by atoms with E-state index >= 15 is 0 Å². The largest absolute Gasteiger partial charge is 0.309 e. The van der Waals surface area contributed by atoms with Crippen molar-refractivity contribution in [1.29, 1.82) is 0 Å². The zero-order valence-electron chi connectivity index (χ0n) is 10.6. The third-order valence-corrected chi connectivity index (χ3v) is 6.81. The van der Waals surface area contributed by atoms with Gasteiger partial charge in [-0.3, -0.25) is 4.79 Å². The van der Waals surface area contributed by atoms with Gasteiger partial charge in [-0.1, -0.05) is 0 Å². The van der Waals surface area contributed by atoms with Crippen LogP contribution < -0.4 is 0 Å². The summed E-state index contributed by atoms with van der Waals surface area (Å²) in [7, 11) is 1.00. The summed E-state index contributed by atoms with van der Waals surface area (Å²) >= 11 is 0. The zero-order chi connectivity index (χ0) is 12.6. The minimum absolute atomic E-state index is 0.00373. The molecule has 0 spiro atoms. The summed E-state index contributed by atoms with van der Waals surface area (Å²) < 4.78 is 23.8. The van der Waals surface area contributed by atoms with Crippen LogP contribution in [-0.4, -0.2) is 50.2 Å². The van der Waals surface area contributed by atoms with E-state index in [1.165, 1.54) is 0 Å². The monoisotopic (exact) mass is 259 g/mol. The lowest BCUT2D eigenvalue weighted by Gasteiger charge is -2.27. The predicted octanol–water partition coefficient (Wildman–Crippen LogP) is 0.863. The molecular formula is C12H21NO3S. The predicted molar refractivity (Wildman–Crippen MR) is 66.6 cm³/mol. The summed E-state index contributed by atoms with van der Waals surface area (Å²) in [5.74, 6) is 0.251. The Morgan fingerprint density at radius 1 is 1.18 bits per heavy atom. The van der Waals surface area contributed by atoms with Crippen LogP contribution in [0.15, 0.2) is 0 Å². The average Bonchev–Trinajstić information content (AvgIpc) is 2.46. The van der Waals surface area contributed by atoms with Gasteiger partial charge in [-0.2, -0.15) is 0 Å². The first kappa shape index (κ1) is 13.0. The number of sulfone groups is 1. The Balaban J connectivity index is 1.96. The van der Waals surface area contributed by atoms with Crippen LogP contribution in [0, 0.1) is 5.92 Å². The summed E-state index contributed by atoms with van der Waals surface area (Å²) in [5.41, 5.74) is 0. The zero-order valence-corrected chi connectivity index (χ0v) is 11.4. The molecule has 2 atom stereocenters. The van der Waals surface area contributed by atoms with E-state index in [0.29, 0.717) is 19.3 Å². The maximum absolute atomic E-state index is 12.0. The standard InChI is InChI=1S/C12H21NO3S/c1-13(2)6-5-12(14)9-7-10-3-4-11(8-9)17(10,15)16/h9-11H,3-8H2,1-2H3. The van der Waals surface area contributed by atoms with Crippen molar-refractivity contribution >= 4 is 15.6 Å². The molecule has 2 bridgehead atoms. The van der Waals surface area contributed by atoms with Gasteiger partial charge < -0.3 is 4.90 Å².